The van der Waals surface area contributed by atoms with Crippen LogP contribution in [0.15, 0.2) is 47.4 Å². The highest BCUT2D eigenvalue weighted by Gasteiger charge is 2.21. The van der Waals surface area contributed by atoms with Gasteiger partial charge in [-0.25, -0.2) is 4.98 Å². The number of ether oxygens (including phenoxy) is 1. The summed E-state index contributed by atoms with van der Waals surface area (Å²) in [5.74, 6) is 1.21. The molecule has 29 heavy (non-hydrogen) atoms. The molecule has 0 spiro atoms. The van der Waals surface area contributed by atoms with Crippen molar-refractivity contribution in [2.45, 2.75) is 18.2 Å². The zero-order chi connectivity index (χ0) is 20.8. The molecular formula is C22H27N3O2S2. The summed E-state index contributed by atoms with van der Waals surface area (Å²) in [7, 11) is 5.74. The first kappa shape index (κ1) is 21.6. The number of aromatic nitrogens is 1. The number of fused-ring (bicyclic) bond motifs is 1. The first-order valence-corrected chi connectivity index (χ1v) is 11.4. The van der Waals surface area contributed by atoms with E-state index in [1.807, 2.05) is 61.5 Å². The average molecular weight is 430 g/mol. The van der Waals surface area contributed by atoms with Crippen molar-refractivity contribution in [1.29, 1.82) is 0 Å². The minimum absolute atomic E-state index is 0.0771. The molecule has 0 atom stereocenters. The van der Waals surface area contributed by atoms with E-state index in [2.05, 4.69) is 11.8 Å². The van der Waals surface area contributed by atoms with Gasteiger partial charge in [-0.15, -0.1) is 11.8 Å². The summed E-state index contributed by atoms with van der Waals surface area (Å²) in [6.07, 6.45) is 0.890. The standard InChI is InChI=1S/C22H27N3O2S2/c1-16-11-12-18(27-4)20-21(16)29-22(23-20)25(14-8-13-24(2)3)19(26)15-28-17-9-6-5-7-10-17/h5-7,9-12H,8,13-15H2,1-4H3. The lowest BCUT2D eigenvalue weighted by Crippen LogP contribution is -2.34. The summed E-state index contributed by atoms with van der Waals surface area (Å²) in [6, 6.07) is 14.0. The molecule has 0 saturated carbocycles. The molecule has 1 heterocycles. The maximum atomic E-state index is 13.1. The predicted molar refractivity (Wildman–Crippen MR) is 124 cm³/mol. The summed E-state index contributed by atoms with van der Waals surface area (Å²) in [5, 5.41) is 0.741. The number of thiazole rings is 1. The molecule has 0 aliphatic heterocycles. The Morgan fingerprint density at radius 1 is 1.14 bits per heavy atom. The average Bonchev–Trinajstić information content (AvgIpc) is 3.16. The second kappa shape index (κ2) is 10.1. The van der Waals surface area contributed by atoms with Crippen LogP contribution in [0.4, 0.5) is 5.13 Å². The van der Waals surface area contributed by atoms with E-state index >= 15 is 0 Å². The van der Waals surface area contributed by atoms with Crippen LogP contribution in [0.5, 0.6) is 5.75 Å². The van der Waals surface area contributed by atoms with Crippen molar-refractivity contribution in [3.05, 3.63) is 48.0 Å². The van der Waals surface area contributed by atoms with Crippen molar-refractivity contribution in [3.8, 4) is 5.75 Å². The van der Waals surface area contributed by atoms with Crippen molar-refractivity contribution in [2.24, 2.45) is 0 Å². The molecule has 0 bridgehead atoms. The van der Waals surface area contributed by atoms with Crippen molar-refractivity contribution in [3.63, 3.8) is 0 Å². The quantitative estimate of drug-likeness (QED) is 0.462. The number of anilines is 1. The number of aryl methyl sites for hydroxylation is 1. The van der Waals surface area contributed by atoms with Gasteiger partial charge in [0.15, 0.2) is 5.13 Å². The highest BCUT2D eigenvalue weighted by atomic mass is 32.2. The molecule has 0 aliphatic rings. The Balaban J connectivity index is 1.85. The lowest BCUT2D eigenvalue weighted by Gasteiger charge is -2.21. The van der Waals surface area contributed by atoms with Crippen LogP contribution in [0.2, 0.25) is 0 Å². The molecule has 0 radical (unpaired) electrons. The van der Waals surface area contributed by atoms with Crippen molar-refractivity contribution in [1.82, 2.24) is 9.88 Å². The van der Waals surface area contributed by atoms with Gasteiger partial charge in [-0.05, 0) is 57.7 Å². The van der Waals surface area contributed by atoms with Crippen LogP contribution in [-0.2, 0) is 4.79 Å². The summed E-state index contributed by atoms with van der Waals surface area (Å²) < 4.78 is 6.55. The van der Waals surface area contributed by atoms with E-state index in [1.165, 1.54) is 0 Å². The Labute approximate surface area is 180 Å². The van der Waals surface area contributed by atoms with E-state index in [4.69, 9.17) is 9.72 Å². The molecule has 3 aromatic rings. The van der Waals surface area contributed by atoms with Crippen molar-refractivity contribution < 1.29 is 9.53 Å². The molecule has 2 aromatic carbocycles. The molecule has 5 nitrogen and oxygen atoms in total. The van der Waals surface area contributed by atoms with Crippen LogP contribution in [0.3, 0.4) is 0 Å². The molecule has 0 N–H and O–H groups in total. The molecule has 0 fully saturated rings. The predicted octanol–water partition coefficient (Wildman–Crippen LogP) is 4.69. The number of hydrogen-bond donors (Lipinski definition) is 0. The molecular weight excluding hydrogens is 402 g/mol. The van der Waals surface area contributed by atoms with Crippen LogP contribution in [0.25, 0.3) is 10.2 Å². The summed E-state index contributed by atoms with van der Waals surface area (Å²) in [4.78, 5) is 23.0. The number of thioether (sulfide) groups is 1. The Kier molecular flexibility index (Phi) is 7.52. The molecule has 3 rings (SSSR count). The fourth-order valence-electron chi connectivity index (χ4n) is 2.99. The number of hydrogen-bond acceptors (Lipinski definition) is 6. The minimum Gasteiger partial charge on any atom is -0.494 e. The zero-order valence-corrected chi connectivity index (χ0v) is 19.0. The summed E-state index contributed by atoms with van der Waals surface area (Å²) >= 11 is 3.12. The van der Waals surface area contributed by atoms with Gasteiger partial charge < -0.3 is 9.64 Å². The van der Waals surface area contributed by atoms with Gasteiger partial charge in [-0.2, -0.15) is 0 Å². The molecule has 0 aliphatic carbocycles. The minimum atomic E-state index is 0.0771. The number of carbonyl (C=O) groups excluding carboxylic acids is 1. The van der Waals surface area contributed by atoms with Gasteiger partial charge in [0.25, 0.3) is 0 Å². The number of rotatable bonds is 9. The Hall–Kier alpha value is -2.09. The summed E-state index contributed by atoms with van der Waals surface area (Å²) in [5.41, 5.74) is 1.97. The third-order valence-electron chi connectivity index (χ3n) is 4.54. The van der Waals surface area contributed by atoms with Gasteiger partial charge in [0.2, 0.25) is 5.91 Å². The van der Waals surface area contributed by atoms with Gasteiger partial charge in [0, 0.05) is 11.4 Å². The topological polar surface area (TPSA) is 45.7 Å². The highest BCUT2D eigenvalue weighted by Crippen LogP contribution is 2.36. The van der Waals surface area contributed by atoms with E-state index < -0.39 is 0 Å². The van der Waals surface area contributed by atoms with E-state index in [1.54, 1.807) is 30.2 Å². The van der Waals surface area contributed by atoms with E-state index in [0.717, 1.165) is 44.5 Å². The summed E-state index contributed by atoms with van der Waals surface area (Å²) in [6.45, 7) is 3.63. The van der Waals surface area contributed by atoms with Crippen molar-refractivity contribution >= 4 is 44.4 Å². The number of carbonyl (C=O) groups is 1. The first-order chi connectivity index (χ1) is 14.0. The molecule has 154 valence electrons. The fraction of sp³-hybridized carbons (Fsp3) is 0.364. The van der Waals surface area contributed by atoms with Crippen LogP contribution in [-0.4, -0.2) is 55.8 Å². The zero-order valence-electron chi connectivity index (χ0n) is 17.3. The second-order valence-electron chi connectivity index (χ2n) is 7.06. The smallest absolute Gasteiger partial charge is 0.239 e. The van der Waals surface area contributed by atoms with Crippen molar-refractivity contribution in [2.75, 3.05) is 44.9 Å². The number of nitrogens with zero attached hydrogens (tertiary/aromatic N) is 3. The number of amides is 1. The maximum absolute atomic E-state index is 13.1. The molecule has 0 saturated heterocycles. The van der Waals surface area contributed by atoms with Gasteiger partial charge in [0.1, 0.15) is 11.3 Å². The van der Waals surface area contributed by atoms with E-state index in [0.29, 0.717) is 12.3 Å². The molecule has 7 heteroatoms. The largest absolute Gasteiger partial charge is 0.494 e. The van der Waals surface area contributed by atoms with E-state index in [-0.39, 0.29) is 5.91 Å². The van der Waals surface area contributed by atoms with Gasteiger partial charge in [-0.3, -0.25) is 9.69 Å². The van der Waals surface area contributed by atoms with Crippen LogP contribution >= 0.6 is 23.1 Å². The second-order valence-corrected chi connectivity index (χ2v) is 9.09. The van der Waals surface area contributed by atoms with Crippen LogP contribution in [0, 0.1) is 6.92 Å². The van der Waals surface area contributed by atoms with Gasteiger partial charge in [-0.1, -0.05) is 35.6 Å². The lowest BCUT2D eigenvalue weighted by molar-refractivity contribution is -0.116. The van der Waals surface area contributed by atoms with Crippen LogP contribution < -0.4 is 9.64 Å². The molecule has 1 amide bonds. The van der Waals surface area contributed by atoms with E-state index in [9.17, 15) is 4.79 Å². The van der Waals surface area contributed by atoms with Crippen LogP contribution in [0.1, 0.15) is 12.0 Å². The molecule has 1 aromatic heterocycles. The Bertz CT molecular complexity index is 957. The maximum Gasteiger partial charge on any atom is 0.239 e. The lowest BCUT2D eigenvalue weighted by atomic mass is 10.2. The first-order valence-electron chi connectivity index (χ1n) is 9.56. The third kappa shape index (κ3) is 5.50. The fourth-order valence-corrected chi connectivity index (χ4v) is 4.88. The SMILES string of the molecule is COc1ccc(C)c2sc(N(CCCN(C)C)C(=O)CSc3ccccc3)nc12. The molecule has 0 unspecified atom stereocenters. The monoisotopic (exact) mass is 429 g/mol. The number of methoxy groups -OCH3 is 1. The Morgan fingerprint density at radius 3 is 2.59 bits per heavy atom. The van der Waals surface area contributed by atoms with Gasteiger partial charge >= 0.3 is 0 Å². The normalized spacial score (nSPS) is 11.2. The highest BCUT2D eigenvalue weighted by molar-refractivity contribution is 8.00. The third-order valence-corrected chi connectivity index (χ3v) is 6.75. The Morgan fingerprint density at radius 2 is 1.90 bits per heavy atom. The number of benzene rings is 2. The van der Waals surface area contributed by atoms with Gasteiger partial charge in [0.05, 0.1) is 17.6 Å².